The number of rotatable bonds is 5. The van der Waals surface area contributed by atoms with Crippen LogP contribution in [0, 0.1) is 17.2 Å². The molecule has 1 aromatic carbocycles. The molecule has 1 N–H and O–H groups in total. The van der Waals surface area contributed by atoms with Crippen LogP contribution in [0.3, 0.4) is 0 Å². The summed E-state index contributed by atoms with van der Waals surface area (Å²) in [4.78, 5) is 4.37. The SMILES string of the molecule is CNC(C#N)(COc1cccc2cccnc12)C1CC1. The van der Waals surface area contributed by atoms with Gasteiger partial charge in [-0.1, -0.05) is 18.2 Å². The molecule has 20 heavy (non-hydrogen) atoms. The average Bonchev–Trinajstić information content (AvgIpc) is 3.34. The van der Waals surface area contributed by atoms with Gasteiger partial charge in [-0.15, -0.1) is 0 Å². The van der Waals surface area contributed by atoms with Crippen LogP contribution >= 0.6 is 0 Å². The van der Waals surface area contributed by atoms with Crippen LogP contribution in [0.4, 0.5) is 0 Å². The highest BCUT2D eigenvalue weighted by atomic mass is 16.5. The van der Waals surface area contributed by atoms with Gasteiger partial charge in [-0.2, -0.15) is 5.26 Å². The standard InChI is InChI=1S/C16H17N3O/c1-18-16(10-17,13-7-8-13)11-20-14-6-2-4-12-5-3-9-19-15(12)14/h2-6,9,13,18H,7-8,11H2,1H3. The van der Waals surface area contributed by atoms with Crippen LogP contribution in [0.25, 0.3) is 10.9 Å². The molecule has 0 radical (unpaired) electrons. The summed E-state index contributed by atoms with van der Waals surface area (Å²) in [6, 6.07) is 12.2. The Balaban J connectivity index is 1.85. The molecule has 0 bridgehead atoms. The third kappa shape index (κ3) is 2.21. The summed E-state index contributed by atoms with van der Waals surface area (Å²) in [6.07, 6.45) is 3.93. The lowest BCUT2D eigenvalue weighted by Gasteiger charge is -2.26. The summed E-state index contributed by atoms with van der Waals surface area (Å²) in [5.74, 6) is 1.12. The molecular weight excluding hydrogens is 250 g/mol. The Morgan fingerprint density at radius 1 is 1.40 bits per heavy atom. The van der Waals surface area contributed by atoms with Gasteiger partial charge in [0.25, 0.3) is 0 Å². The third-order valence-electron chi connectivity index (χ3n) is 3.97. The van der Waals surface area contributed by atoms with Crippen LogP contribution in [0.15, 0.2) is 36.5 Å². The van der Waals surface area contributed by atoms with E-state index in [1.165, 1.54) is 0 Å². The molecule has 1 aliphatic rings. The first-order valence-corrected chi connectivity index (χ1v) is 6.86. The van der Waals surface area contributed by atoms with Crippen LogP contribution in [-0.4, -0.2) is 24.2 Å². The van der Waals surface area contributed by atoms with Crippen molar-refractivity contribution in [3.8, 4) is 11.8 Å². The zero-order valence-corrected chi connectivity index (χ0v) is 11.5. The van der Waals surface area contributed by atoms with Crippen molar-refractivity contribution >= 4 is 10.9 Å². The van der Waals surface area contributed by atoms with E-state index in [4.69, 9.17) is 4.74 Å². The Labute approximate surface area is 118 Å². The van der Waals surface area contributed by atoms with E-state index in [0.29, 0.717) is 12.5 Å². The molecule has 2 aromatic rings. The minimum absolute atomic E-state index is 0.348. The van der Waals surface area contributed by atoms with Gasteiger partial charge in [0.15, 0.2) is 0 Å². The number of benzene rings is 1. The van der Waals surface area contributed by atoms with Crippen molar-refractivity contribution in [2.75, 3.05) is 13.7 Å². The molecule has 1 atom stereocenters. The summed E-state index contributed by atoms with van der Waals surface area (Å²) >= 11 is 0. The number of nitrogens with zero attached hydrogens (tertiary/aromatic N) is 2. The molecule has 0 saturated heterocycles. The van der Waals surface area contributed by atoms with Crippen LogP contribution in [0.5, 0.6) is 5.75 Å². The Morgan fingerprint density at radius 3 is 2.90 bits per heavy atom. The summed E-state index contributed by atoms with van der Waals surface area (Å²) in [7, 11) is 1.83. The highest BCUT2D eigenvalue weighted by molar-refractivity contribution is 5.84. The molecule has 102 valence electrons. The van der Waals surface area contributed by atoms with Crippen molar-refractivity contribution < 1.29 is 4.74 Å². The Morgan fingerprint density at radius 2 is 2.20 bits per heavy atom. The molecule has 4 nitrogen and oxygen atoms in total. The van der Waals surface area contributed by atoms with Gasteiger partial charge in [0, 0.05) is 11.6 Å². The summed E-state index contributed by atoms with van der Waals surface area (Å²) < 4.78 is 5.92. The van der Waals surface area contributed by atoms with Gasteiger partial charge in [0.05, 0.1) is 6.07 Å². The molecule has 4 heteroatoms. The Bertz CT molecular complexity index is 655. The van der Waals surface area contributed by atoms with Gasteiger partial charge in [-0.25, -0.2) is 0 Å². The van der Waals surface area contributed by atoms with Crippen molar-refractivity contribution in [1.82, 2.24) is 10.3 Å². The molecule has 1 saturated carbocycles. The number of likely N-dealkylation sites (N-methyl/N-ethyl adjacent to an activating group) is 1. The second kappa shape index (κ2) is 5.10. The maximum atomic E-state index is 9.47. The van der Waals surface area contributed by atoms with Gasteiger partial charge in [0.1, 0.15) is 23.4 Å². The van der Waals surface area contributed by atoms with Crippen molar-refractivity contribution in [3.05, 3.63) is 36.5 Å². The molecular formula is C16H17N3O. The first kappa shape index (κ1) is 12.9. The molecule has 0 amide bonds. The predicted molar refractivity (Wildman–Crippen MR) is 77.4 cm³/mol. The molecule has 1 fully saturated rings. The topological polar surface area (TPSA) is 57.9 Å². The minimum Gasteiger partial charge on any atom is -0.488 e. The zero-order valence-electron chi connectivity index (χ0n) is 11.5. The van der Waals surface area contributed by atoms with Crippen molar-refractivity contribution in [1.29, 1.82) is 5.26 Å². The molecule has 1 aromatic heterocycles. The highest BCUT2D eigenvalue weighted by Gasteiger charge is 2.45. The molecule has 1 aliphatic carbocycles. The molecule has 3 rings (SSSR count). The first-order valence-electron chi connectivity index (χ1n) is 6.86. The molecule has 1 heterocycles. The zero-order chi connectivity index (χ0) is 14.0. The number of pyridine rings is 1. The monoisotopic (exact) mass is 267 g/mol. The fraction of sp³-hybridized carbons (Fsp3) is 0.375. The number of nitrogens with one attached hydrogen (secondary N) is 1. The highest BCUT2D eigenvalue weighted by Crippen LogP contribution is 2.39. The molecule has 0 aliphatic heterocycles. The van der Waals surface area contributed by atoms with E-state index >= 15 is 0 Å². The number of nitriles is 1. The number of aromatic nitrogens is 1. The average molecular weight is 267 g/mol. The summed E-state index contributed by atoms with van der Waals surface area (Å²) in [5.41, 5.74) is 0.255. The second-order valence-electron chi connectivity index (χ2n) is 5.23. The fourth-order valence-corrected chi connectivity index (χ4v) is 2.53. The van der Waals surface area contributed by atoms with Crippen LogP contribution in [-0.2, 0) is 0 Å². The lowest BCUT2D eigenvalue weighted by Crippen LogP contribution is -2.49. The minimum atomic E-state index is -0.586. The van der Waals surface area contributed by atoms with Crippen LogP contribution < -0.4 is 10.1 Å². The van der Waals surface area contributed by atoms with E-state index in [2.05, 4.69) is 16.4 Å². The quantitative estimate of drug-likeness (QED) is 0.904. The van der Waals surface area contributed by atoms with E-state index in [9.17, 15) is 5.26 Å². The van der Waals surface area contributed by atoms with E-state index in [0.717, 1.165) is 29.5 Å². The maximum absolute atomic E-state index is 9.47. The Kier molecular flexibility index (Phi) is 3.29. The van der Waals surface area contributed by atoms with E-state index in [-0.39, 0.29) is 0 Å². The van der Waals surface area contributed by atoms with Crippen molar-refractivity contribution in [2.45, 2.75) is 18.4 Å². The second-order valence-corrected chi connectivity index (χ2v) is 5.23. The summed E-state index contributed by atoms with van der Waals surface area (Å²) in [5, 5.41) is 13.7. The van der Waals surface area contributed by atoms with Gasteiger partial charge in [-0.3, -0.25) is 10.3 Å². The number of hydrogen-bond donors (Lipinski definition) is 1. The fourth-order valence-electron chi connectivity index (χ4n) is 2.53. The van der Waals surface area contributed by atoms with Crippen LogP contribution in [0.1, 0.15) is 12.8 Å². The predicted octanol–water partition coefficient (Wildman–Crippen LogP) is 2.51. The van der Waals surface area contributed by atoms with E-state index in [1.54, 1.807) is 6.20 Å². The lowest BCUT2D eigenvalue weighted by atomic mass is 9.96. The van der Waals surface area contributed by atoms with Gasteiger partial charge >= 0.3 is 0 Å². The van der Waals surface area contributed by atoms with Crippen molar-refractivity contribution in [3.63, 3.8) is 0 Å². The number of fused-ring (bicyclic) bond motifs is 1. The molecule has 0 spiro atoms. The van der Waals surface area contributed by atoms with Crippen molar-refractivity contribution in [2.24, 2.45) is 5.92 Å². The lowest BCUT2D eigenvalue weighted by molar-refractivity contribution is 0.212. The number of hydrogen-bond acceptors (Lipinski definition) is 4. The third-order valence-corrected chi connectivity index (χ3v) is 3.97. The van der Waals surface area contributed by atoms with Gasteiger partial charge < -0.3 is 4.74 Å². The maximum Gasteiger partial charge on any atom is 0.145 e. The number of ether oxygens (including phenoxy) is 1. The normalized spacial score (nSPS) is 17.4. The van der Waals surface area contributed by atoms with Gasteiger partial charge in [-0.05, 0) is 37.9 Å². The van der Waals surface area contributed by atoms with Gasteiger partial charge in [0.2, 0.25) is 0 Å². The van der Waals surface area contributed by atoms with E-state index < -0.39 is 5.54 Å². The largest absolute Gasteiger partial charge is 0.488 e. The van der Waals surface area contributed by atoms with Crippen LogP contribution in [0.2, 0.25) is 0 Å². The van der Waals surface area contributed by atoms with E-state index in [1.807, 2.05) is 37.4 Å². The summed E-state index contributed by atoms with van der Waals surface area (Å²) in [6.45, 7) is 0.348. The molecule has 1 unspecified atom stereocenters. The Hall–Kier alpha value is -2.12. The first-order chi connectivity index (χ1) is 9.79. The smallest absolute Gasteiger partial charge is 0.145 e. The number of para-hydroxylation sites is 1.